The van der Waals surface area contributed by atoms with Gasteiger partial charge in [-0.3, -0.25) is 14.5 Å². The van der Waals surface area contributed by atoms with Gasteiger partial charge in [0.15, 0.2) is 0 Å². The molecular weight excluding hydrogens is 388 g/mol. The van der Waals surface area contributed by atoms with Gasteiger partial charge in [-0.25, -0.2) is 0 Å². The quantitative estimate of drug-likeness (QED) is 0.758. The molecule has 5 rings (SSSR count). The summed E-state index contributed by atoms with van der Waals surface area (Å²) in [7, 11) is 0. The first-order valence-corrected chi connectivity index (χ1v) is 12.3. The largest absolute Gasteiger partial charge is 0.370 e. The Morgan fingerprint density at radius 1 is 1.06 bits per heavy atom. The minimum Gasteiger partial charge on any atom is -0.370 e. The van der Waals surface area contributed by atoms with Crippen LogP contribution in [-0.4, -0.2) is 67.4 Å². The molecule has 1 N–H and O–H groups in total. The maximum Gasteiger partial charge on any atom is 0.256 e. The third-order valence-electron chi connectivity index (χ3n) is 7.84. The lowest BCUT2D eigenvalue weighted by Crippen LogP contribution is -2.49. The number of anilines is 2. The lowest BCUT2D eigenvalue weighted by molar-refractivity contribution is -0.117. The molecule has 2 aliphatic heterocycles. The van der Waals surface area contributed by atoms with Gasteiger partial charge in [0.1, 0.15) is 0 Å². The molecule has 31 heavy (non-hydrogen) atoms. The highest BCUT2D eigenvalue weighted by atomic mass is 16.2. The van der Waals surface area contributed by atoms with Crippen LogP contribution in [0.4, 0.5) is 11.4 Å². The normalized spacial score (nSPS) is 23.1. The fourth-order valence-corrected chi connectivity index (χ4v) is 5.53. The van der Waals surface area contributed by atoms with E-state index < -0.39 is 0 Å². The van der Waals surface area contributed by atoms with E-state index in [-0.39, 0.29) is 17.7 Å². The molecule has 2 aliphatic carbocycles. The minimum absolute atomic E-state index is 0.119. The zero-order valence-electron chi connectivity index (χ0n) is 18.9. The molecule has 2 heterocycles. The molecule has 0 bridgehead atoms. The number of carbonyl (C=O) groups is 2. The summed E-state index contributed by atoms with van der Waals surface area (Å²) < 4.78 is 0. The van der Waals surface area contributed by atoms with Gasteiger partial charge in [-0.1, -0.05) is 13.3 Å². The summed E-state index contributed by atoms with van der Waals surface area (Å²) in [4.78, 5) is 32.7. The van der Waals surface area contributed by atoms with E-state index >= 15 is 0 Å². The number of nitrogens with zero attached hydrogens (tertiary/aromatic N) is 3. The summed E-state index contributed by atoms with van der Waals surface area (Å²) in [5.41, 5.74) is 3.09. The fourth-order valence-electron chi connectivity index (χ4n) is 5.53. The Morgan fingerprint density at radius 3 is 2.45 bits per heavy atom. The number of carbonyl (C=O) groups excluding carboxylic acids is 2. The Labute approximate surface area is 185 Å². The Bertz CT molecular complexity index is 838. The Morgan fingerprint density at radius 2 is 1.84 bits per heavy atom. The third-order valence-corrected chi connectivity index (χ3v) is 7.84. The molecule has 0 unspecified atom stereocenters. The van der Waals surface area contributed by atoms with E-state index in [2.05, 4.69) is 28.1 Å². The van der Waals surface area contributed by atoms with Crippen LogP contribution in [0.25, 0.3) is 0 Å². The molecule has 1 aromatic rings. The van der Waals surface area contributed by atoms with Crippen molar-refractivity contribution in [2.24, 2.45) is 11.3 Å². The first kappa shape index (κ1) is 20.8. The number of hydrogen-bond donors (Lipinski definition) is 1. The molecule has 0 atom stereocenters. The molecule has 6 nitrogen and oxygen atoms in total. The van der Waals surface area contributed by atoms with Crippen molar-refractivity contribution in [1.82, 2.24) is 9.80 Å². The van der Waals surface area contributed by atoms with E-state index in [0.717, 1.165) is 82.0 Å². The molecule has 2 saturated heterocycles. The molecule has 1 spiro atoms. The number of rotatable bonds is 6. The van der Waals surface area contributed by atoms with Crippen molar-refractivity contribution in [2.45, 2.75) is 51.9 Å². The van der Waals surface area contributed by atoms with Crippen molar-refractivity contribution in [1.29, 1.82) is 0 Å². The van der Waals surface area contributed by atoms with Crippen LogP contribution in [-0.2, 0) is 4.79 Å². The van der Waals surface area contributed by atoms with Crippen LogP contribution in [0.3, 0.4) is 0 Å². The van der Waals surface area contributed by atoms with Gasteiger partial charge in [-0.05, 0) is 68.7 Å². The van der Waals surface area contributed by atoms with Gasteiger partial charge in [-0.15, -0.1) is 0 Å². The van der Waals surface area contributed by atoms with Crippen LogP contribution < -0.4 is 10.2 Å². The molecule has 4 fully saturated rings. The Hall–Kier alpha value is -2.08. The fraction of sp³-hybridized carbons (Fsp3) is 0.680. The second-order valence-corrected chi connectivity index (χ2v) is 10.2. The lowest BCUT2D eigenvalue weighted by atomic mass is 9.68. The second-order valence-electron chi connectivity index (χ2n) is 10.2. The SMILES string of the molecule is CCCN1CCN(C(=O)c2ccc(NC(=O)C3CC3)cc2N2CCC3(CCC3)C2)CC1. The number of nitrogens with one attached hydrogen (secondary N) is 1. The van der Waals surface area contributed by atoms with Gasteiger partial charge in [0.2, 0.25) is 5.91 Å². The Balaban J connectivity index is 1.36. The monoisotopic (exact) mass is 424 g/mol. The number of piperazine rings is 1. The second kappa shape index (κ2) is 8.45. The van der Waals surface area contributed by atoms with Gasteiger partial charge in [-0.2, -0.15) is 0 Å². The van der Waals surface area contributed by atoms with Crippen molar-refractivity contribution in [3.8, 4) is 0 Å². The van der Waals surface area contributed by atoms with Gasteiger partial charge < -0.3 is 15.1 Å². The zero-order chi connectivity index (χ0) is 21.4. The predicted molar refractivity (Wildman–Crippen MR) is 124 cm³/mol. The molecule has 4 aliphatic rings. The average Bonchev–Trinajstić information content (AvgIpc) is 3.51. The van der Waals surface area contributed by atoms with Crippen LogP contribution in [0.15, 0.2) is 18.2 Å². The summed E-state index contributed by atoms with van der Waals surface area (Å²) in [5.74, 6) is 0.434. The van der Waals surface area contributed by atoms with Crippen molar-refractivity contribution in [3.63, 3.8) is 0 Å². The maximum absolute atomic E-state index is 13.5. The lowest BCUT2D eigenvalue weighted by Gasteiger charge is -2.38. The molecule has 2 saturated carbocycles. The standard InChI is InChI=1S/C25H36N4O2/c1-2-11-27-13-15-28(16-14-27)24(31)21-7-6-20(26-23(30)19-4-5-19)17-22(21)29-12-10-25(18-29)8-3-9-25/h6-7,17,19H,2-5,8-16,18H2,1H3,(H,26,30). The summed E-state index contributed by atoms with van der Waals surface area (Å²) in [6, 6.07) is 5.92. The first-order valence-electron chi connectivity index (χ1n) is 12.3. The number of amides is 2. The number of benzene rings is 1. The van der Waals surface area contributed by atoms with Gasteiger partial charge in [0, 0.05) is 50.9 Å². The molecule has 0 radical (unpaired) electrons. The van der Waals surface area contributed by atoms with Crippen molar-refractivity contribution >= 4 is 23.2 Å². The van der Waals surface area contributed by atoms with Gasteiger partial charge in [0.25, 0.3) is 5.91 Å². The van der Waals surface area contributed by atoms with E-state index in [1.807, 2.05) is 17.0 Å². The van der Waals surface area contributed by atoms with Crippen LogP contribution in [0.5, 0.6) is 0 Å². The highest BCUT2D eigenvalue weighted by Crippen LogP contribution is 2.49. The van der Waals surface area contributed by atoms with Gasteiger partial charge >= 0.3 is 0 Å². The van der Waals surface area contributed by atoms with Crippen molar-refractivity contribution in [3.05, 3.63) is 23.8 Å². The predicted octanol–water partition coefficient (Wildman–Crippen LogP) is 3.58. The van der Waals surface area contributed by atoms with E-state index in [9.17, 15) is 9.59 Å². The zero-order valence-corrected chi connectivity index (χ0v) is 18.9. The third kappa shape index (κ3) is 4.32. The minimum atomic E-state index is 0.119. The van der Waals surface area contributed by atoms with E-state index in [0.29, 0.717) is 5.41 Å². The van der Waals surface area contributed by atoms with Gasteiger partial charge in [0.05, 0.1) is 11.3 Å². The number of hydrogen-bond acceptors (Lipinski definition) is 4. The first-order chi connectivity index (χ1) is 15.1. The van der Waals surface area contributed by atoms with E-state index in [4.69, 9.17) is 0 Å². The highest BCUT2D eigenvalue weighted by molar-refractivity contribution is 6.02. The molecule has 2 amide bonds. The van der Waals surface area contributed by atoms with Crippen LogP contribution in [0.1, 0.15) is 62.2 Å². The van der Waals surface area contributed by atoms with Crippen LogP contribution in [0.2, 0.25) is 0 Å². The molecule has 6 heteroatoms. The van der Waals surface area contributed by atoms with E-state index in [1.165, 1.54) is 25.7 Å². The van der Waals surface area contributed by atoms with Crippen molar-refractivity contribution in [2.75, 3.05) is 56.0 Å². The van der Waals surface area contributed by atoms with E-state index in [1.54, 1.807) is 0 Å². The maximum atomic E-state index is 13.5. The summed E-state index contributed by atoms with van der Waals surface area (Å²) in [5, 5.41) is 3.08. The molecule has 1 aromatic carbocycles. The summed E-state index contributed by atoms with van der Waals surface area (Å²) >= 11 is 0. The Kier molecular flexibility index (Phi) is 5.67. The molecule has 168 valence electrons. The average molecular weight is 425 g/mol. The topological polar surface area (TPSA) is 55.9 Å². The van der Waals surface area contributed by atoms with Crippen LogP contribution >= 0.6 is 0 Å². The van der Waals surface area contributed by atoms with Crippen molar-refractivity contribution < 1.29 is 9.59 Å². The highest BCUT2D eigenvalue weighted by Gasteiger charge is 2.43. The molecule has 0 aromatic heterocycles. The molecular formula is C25H36N4O2. The summed E-state index contributed by atoms with van der Waals surface area (Å²) in [6.45, 7) is 8.86. The van der Waals surface area contributed by atoms with Crippen LogP contribution in [0, 0.1) is 11.3 Å². The summed E-state index contributed by atoms with van der Waals surface area (Å²) in [6.07, 6.45) is 8.31. The smallest absolute Gasteiger partial charge is 0.256 e.